The highest BCUT2D eigenvalue weighted by molar-refractivity contribution is 7.98. The molecule has 1 rings (SSSR count). The molecule has 15 heavy (non-hydrogen) atoms. The molecule has 0 radical (unpaired) electrons. The van der Waals surface area contributed by atoms with E-state index in [0.29, 0.717) is 12.5 Å². The fourth-order valence-corrected chi connectivity index (χ4v) is 1.78. The number of hydrogen-bond acceptors (Lipinski definition) is 2. The summed E-state index contributed by atoms with van der Waals surface area (Å²) in [4.78, 5) is 1.30. The maximum Gasteiger partial charge on any atom is 0.0142 e. The molecule has 0 fully saturated rings. The van der Waals surface area contributed by atoms with E-state index in [9.17, 15) is 0 Å². The van der Waals surface area contributed by atoms with Gasteiger partial charge < -0.3 is 5.73 Å². The quantitative estimate of drug-likeness (QED) is 0.789. The molecule has 0 aliphatic carbocycles. The molecule has 1 aromatic carbocycles. The third-order valence-corrected chi connectivity index (χ3v) is 3.19. The van der Waals surface area contributed by atoms with Crippen LogP contribution in [0.5, 0.6) is 0 Å². The Bertz CT molecular complexity index is 325. The van der Waals surface area contributed by atoms with Gasteiger partial charge in [0.2, 0.25) is 0 Å². The Labute approximate surface area is 96.8 Å². The average molecular weight is 221 g/mol. The van der Waals surface area contributed by atoms with Crippen molar-refractivity contribution in [3.05, 3.63) is 35.4 Å². The molecule has 0 bridgehead atoms. The Morgan fingerprint density at radius 1 is 1.33 bits per heavy atom. The van der Waals surface area contributed by atoms with Gasteiger partial charge in [-0.05, 0) is 29.9 Å². The van der Waals surface area contributed by atoms with Gasteiger partial charge in [-0.15, -0.1) is 11.8 Å². The molecule has 0 spiro atoms. The van der Waals surface area contributed by atoms with Gasteiger partial charge >= 0.3 is 0 Å². The van der Waals surface area contributed by atoms with Crippen LogP contribution < -0.4 is 5.73 Å². The first-order valence-corrected chi connectivity index (χ1v) is 6.44. The van der Waals surface area contributed by atoms with E-state index >= 15 is 0 Å². The van der Waals surface area contributed by atoms with Gasteiger partial charge in [0.1, 0.15) is 0 Å². The normalized spacial score (nSPS) is 12.2. The zero-order chi connectivity index (χ0) is 11.3. The second kappa shape index (κ2) is 5.99. The van der Waals surface area contributed by atoms with Crippen LogP contribution in [0.2, 0.25) is 0 Å². The molecular formula is C13H19NS. The molecule has 0 unspecified atom stereocenters. The summed E-state index contributed by atoms with van der Waals surface area (Å²) >= 11 is 1.76. The number of nitrogens with two attached hydrogens (primary N) is 1. The highest BCUT2D eigenvalue weighted by Crippen LogP contribution is 2.18. The minimum absolute atomic E-state index is 0.523. The van der Waals surface area contributed by atoms with Gasteiger partial charge in [-0.3, -0.25) is 0 Å². The van der Waals surface area contributed by atoms with Crippen LogP contribution in [0.3, 0.4) is 0 Å². The molecule has 0 heterocycles. The van der Waals surface area contributed by atoms with Crippen molar-refractivity contribution in [2.24, 2.45) is 11.7 Å². The first-order chi connectivity index (χ1) is 7.17. The summed E-state index contributed by atoms with van der Waals surface area (Å²) in [5.41, 5.74) is 8.24. The molecule has 0 saturated carbocycles. The second-order valence-corrected chi connectivity index (χ2v) is 4.73. The largest absolute Gasteiger partial charge is 0.327 e. The van der Waals surface area contributed by atoms with E-state index in [1.54, 1.807) is 11.8 Å². The minimum Gasteiger partial charge on any atom is -0.327 e. The molecule has 0 saturated heterocycles. The van der Waals surface area contributed by atoms with Gasteiger partial charge in [0, 0.05) is 11.4 Å². The Hall–Kier alpha value is -0.730. The molecule has 1 nitrogen and oxygen atoms in total. The molecule has 2 N–H and O–H groups in total. The van der Waals surface area contributed by atoms with Crippen molar-refractivity contribution in [1.82, 2.24) is 0 Å². The Balaban J connectivity index is 2.87. The summed E-state index contributed by atoms with van der Waals surface area (Å²) < 4.78 is 0. The van der Waals surface area contributed by atoms with E-state index < -0.39 is 0 Å². The summed E-state index contributed by atoms with van der Waals surface area (Å²) in [6, 6.07) is 8.57. The maximum absolute atomic E-state index is 5.71. The highest BCUT2D eigenvalue weighted by atomic mass is 32.2. The van der Waals surface area contributed by atoms with E-state index in [1.807, 2.05) is 0 Å². The van der Waals surface area contributed by atoms with Gasteiger partial charge in [0.15, 0.2) is 0 Å². The number of rotatable bonds is 4. The minimum atomic E-state index is 0.523. The smallest absolute Gasteiger partial charge is 0.0142 e. The maximum atomic E-state index is 5.71. The SMILES string of the molecule is CSc1ccc(C=C(CN)C(C)C)cc1. The van der Waals surface area contributed by atoms with E-state index in [4.69, 9.17) is 5.73 Å². The fourth-order valence-electron chi connectivity index (χ4n) is 1.38. The van der Waals surface area contributed by atoms with Crippen LogP contribution in [-0.2, 0) is 0 Å². The van der Waals surface area contributed by atoms with Gasteiger partial charge in [-0.1, -0.05) is 37.6 Å². The number of benzene rings is 1. The van der Waals surface area contributed by atoms with Gasteiger partial charge in [0.25, 0.3) is 0 Å². The first kappa shape index (κ1) is 12.3. The third kappa shape index (κ3) is 3.73. The highest BCUT2D eigenvalue weighted by Gasteiger charge is 2.00. The second-order valence-electron chi connectivity index (χ2n) is 3.85. The molecule has 0 atom stereocenters. The van der Waals surface area contributed by atoms with Crippen LogP contribution in [-0.4, -0.2) is 12.8 Å². The zero-order valence-corrected chi connectivity index (χ0v) is 10.5. The molecule has 82 valence electrons. The molecular weight excluding hydrogens is 202 g/mol. The molecule has 2 heteroatoms. The van der Waals surface area contributed by atoms with Crippen molar-refractivity contribution in [2.45, 2.75) is 18.7 Å². The molecule has 0 aromatic heterocycles. The lowest BCUT2D eigenvalue weighted by atomic mass is 10.0. The van der Waals surface area contributed by atoms with E-state index in [1.165, 1.54) is 16.0 Å². The van der Waals surface area contributed by atoms with Crippen molar-refractivity contribution in [1.29, 1.82) is 0 Å². The Morgan fingerprint density at radius 2 is 1.93 bits per heavy atom. The average Bonchev–Trinajstić information content (AvgIpc) is 2.26. The third-order valence-electron chi connectivity index (χ3n) is 2.45. The van der Waals surface area contributed by atoms with Crippen LogP contribution in [0.15, 0.2) is 34.7 Å². The van der Waals surface area contributed by atoms with Crippen LogP contribution in [0, 0.1) is 5.92 Å². The van der Waals surface area contributed by atoms with Crippen molar-refractivity contribution < 1.29 is 0 Å². The van der Waals surface area contributed by atoms with Crippen molar-refractivity contribution >= 4 is 17.8 Å². The van der Waals surface area contributed by atoms with E-state index in [0.717, 1.165) is 0 Å². The lowest BCUT2D eigenvalue weighted by Gasteiger charge is -2.08. The fraction of sp³-hybridized carbons (Fsp3) is 0.385. The first-order valence-electron chi connectivity index (χ1n) is 5.22. The molecule has 1 aromatic rings. The summed E-state index contributed by atoms with van der Waals surface area (Å²) in [6.07, 6.45) is 4.28. The van der Waals surface area contributed by atoms with Crippen molar-refractivity contribution in [3.63, 3.8) is 0 Å². The van der Waals surface area contributed by atoms with Crippen LogP contribution >= 0.6 is 11.8 Å². The summed E-state index contributed by atoms with van der Waals surface area (Å²) in [7, 11) is 0. The summed E-state index contributed by atoms with van der Waals surface area (Å²) in [5.74, 6) is 0.523. The van der Waals surface area contributed by atoms with Gasteiger partial charge in [-0.25, -0.2) is 0 Å². The van der Waals surface area contributed by atoms with Crippen LogP contribution in [0.25, 0.3) is 6.08 Å². The van der Waals surface area contributed by atoms with E-state index in [-0.39, 0.29) is 0 Å². The van der Waals surface area contributed by atoms with Crippen LogP contribution in [0.4, 0.5) is 0 Å². The summed E-state index contributed by atoms with van der Waals surface area (Å²) in [5, 5.41) is 0. The molecule has 0 amide bonds. The Morgan fingerprint density at radius 3 is 2.33 bits per heavy atom. The predicted molar refractivity (Wildman–Crippen MR) is 70.1 cm³/mol. The van der Waals surface area contributed by atoms with E-state index in [2.05, 4.69) is 50.4 Å². The predicted octanol–water partition coefficient (Wildman–Crippen LogP) is 3.41. The monoisotopic (exact) mass is 221 g/mol. The van der Waals surface area contributed by atoms with Crippen molar-refractivity contribution in [2.75, 3.05) is 12.8 Å². The number of thioether (sulfide) groups is 1. The van der Waals surface area contributed by atoms with Gasteiger partial charge in [-0.2, -0.15) is 0 Å². The Kier molecular flexibility index (Phi) is 4.92. The van der Waals surface area contributed by atoms with Crippen molar-refractivity contribution in [3.8, 4) is 0 Å². The lowest BCUT2D eigenvalue weighted by molar-refractivity contribution is 0.752. The standard InChI is InChI=1S/C13H19NS/c1-10(2)12(9-14)8-11-4-6-13(15-3)7-5-11/h4-8,10H,9,14H2,1-3H3. The molecule has 0 aliphatic rings. The number of hydrogen-bond donors (Lipinski definition) is 1. The van der Waals surface area contributed by atoms with Crippen LogP contribution in [0.1, 0.15) is 19.4 Å². The molecule has 0 aliphatic heterocycles. The summed E-state index contributed by atoms with van der Waals surface area (Å²) in [6.45, 7) is 4.99. The topological polar surface area (TPSA) is 26.0 Å². The van der Waals surface area contributed by atoms with Gasteiger partial charge in [0.05, 0.1) is 0 Å². The zero-order valence-electron chi connectivity index (χ0n) is 9.66. The lowest BCUT2D eigenvalue weighted by Crippen LogP contribution is -2.08.